The molecule has 2 nitrogen and oxygen atoms in total. The number of hydrogen-bond acceptors (Lipinski definition) is 3. The standard InChI is InChI=1S/C27H38N2S/c1-3-5-7-8-9-11-13-23-14-18-25(19-15-23)27-22-28-29(30-27)26-20-16-24(17-21-26)12-10-6-4-2/h14-22,27H,3-13H2,1-2H3. The van der Waals surface area contributed by atoms with Gasteiger partial charge in [0.2, 0.25) is 0 Å². The summed E-state index contributed by atoms with van der Waals surface area (Å²) in [5.74, 6) is 0. The Bertz CT molecular complexity index is 751. The van der Waals surface area contributed by atoms with E-state index in [0.717, 1.165) is 5.69 Å². The molecule has 0 spiro atoms. The van der Waals surface area contributed by atoms with Crippen molar-refractivity contribution in [2.24, 2.45) is 5.10 Å². The van der Waals surface area contributed by atoms with E-state index in [1.54, 1.807) is 11.9 Å². The third-order valence-electron chi connectivity index (χ3n) is 5.87. The molecule has 1 atom stereocenters. The van der Waals surface area contributed by atoms with Gasteiger partial charge in [-0.15, -0.1) is 0 Å². The molecule has 1 heterocycles. The molecule has 0 N–H and O–H groups in total. The monoisotopic (exact) mass is 422 g/mol. The molecule has 1 aliphatic rings. The van der Waals surface area contributed by atoms with Gasteiger partial charge < -0.3 is 0 Å². The largest absolute Gasteiger partial charge is 0.206 e. The minimum atomic E-state index is 0.303. The molecule has 3 rings (SSSR count). The second-order valence-corrected chi connectivity index (χ2v) is 9.51. The van der Waals surface area contributed by atoms with Gasteiger partial charge in [0.25, 0.3) is 0 Å². The minimum absolute atomic E-state index is 0.303. The first-order chi connectivity index (χ1) is 14.8. The molecule has 1 unspecified atom stereocenters. The molecule has 0 fully saturated rings. The second kappa shape index (κ2) is 12.8. The maximum atomic E-state index is 4.65. The van der Waals surface area contributed by atoms with Crippen molar-refractivity contribution in [3.8, 4) is 0 Å². The van der Waals surface area contributed by atoms with Crippen LogP contribution in [0.1, 0.15) is 93.6 Å². The fraction of sp³-hybridized carbons (Fsp3) is 0.519. The van der Waals surface area contributed by atoms with Gasteiger partial charge in [0, 0.05) is 6.21 Å². The van der Waals surface area contributed by atoms with Crippen molar-refractivity contribution in [3.63, 3.8) is 0 Å². The first-order valence-corrected chi connectivity index (χ1v) is 12.8. The molecule has 1 aliphatic heterocycles. The summed E-state index contributed by atoms with van der Waals surface area (Å²) >= 11 is 1.79. The van der Waals surface area contributed by atoms with E-state index in [-0.39, 0.29) is 0 Å². The van der Waals surface area contributed by atoms with E-state index in [4.69, 9.17) is 0 Å². The van der Waals surface area contributed by atoms with Crippen molar-refractivity contribution < 1.29 is 0 Å². The quantitative estimate of drug-likeness (QED) is 0.237. The molecule has 0 amide bonds. The number of benzene rings is 2. The zero-order valence-electron chi connectivity index (χ0n) is 18.9. The summed E-state index contributed by atoms with van der Waals surface area (Å²) in [5.41, 5.74) is 5.40. The van der Waals surface area contributed by atoms with Crippen molar-refractivity contribution in [2.45, 2.75) is 89.7 Å². The molecule has 162 valence electrons. The van der Waals surface area contributed by atoms with Crippen molar-refractivity contribution in [1.29, 1.82) is 0 Å². The minimum Gasteiger partial charge on any atom is -0.206 e. The summed E-state index contributed by atoms with van der Waals surface area (Å²) < 4.78 is 2.06. The summed E-state index contributed by atoms with van der Waals surface area (Å²) in [5, 5.41) is 4.95. The molecular weight excluding hydrogens is 384 g/mol. The molecule has 0 saturated carbocycles. The predicted molar refractivity (Wildman–Crippen MR) is 134 cm³/mol. The highest BCUT2D eigenvalue weighted by Gasteiger charge is 2.21. The lowest BCUT2D eigenvalue weighted by molar-refractivity contribution is 0.607. The normalized spacial score (nSPS) is 15.8. The zero-order valence-corrected chi connectivity index (χ0v) is 19.7. The summed E-state index contributed by atoms with van der Waals surface area (Å²) in [4.78, 5) is 0. The van der Waals surface area contributed by atoms with Crippen LogP contribution >= 0.6 is 11.9 Å². The number of unbranched alkanes of at least 4 members (excludes halogenated alkanes) is 7. The molecule has 30 heavy (non-hydrogen) atoms. The predicted octanol–water partition coefficient (Wildman–Crippen LogP) is 8.52. The van der Waals surface area contributed by atoms with Crippen molar-refractivity contribution in [2.75, 3.05) is 4.41 Å². The SMILES string of the molecule is CCCCCCCCc1ccc(C2C=NN(c3ccc(CCCCC)cc3)S2)cc1. The van der Waals surface area contributed by atoms with E-state index >= 15 is 0 Å². The van der Waals surface area contributed by atoms with E-state index in [0.29, 0.717) is 5.25 Å². The van der Waals surface area contributed by atoms with Crippen LogP contribution in [0.3, 0.4) is 0 Å². The smallest absolute Gasteiger partial charge is 0.0887 e. The topological polar surface area (TPSA) is 15.6 Å². The Balaban J connectivity index is 1.44. The van der Waals surface area contributed by atoms with Gasteiger partial charge in [-0.3, -0.25) is 0 Å². The number of hydrazone groups is 1. The van der Waals surface area contributed by atoms with Gasteiger partial charge in [-0.2, -0.15) is 5.10 Å². The molecule has 0 saturated heterocycles. The van der Waals surface area contributed by atoms with Gasteiger partial charge in [0.1, 0.15) is 0 Å². The van der Waals surface area contributed by atoms with Gasteiger partial charge in [0.15, 0.2) is 0 Å². The van der Waals surface area contributed by atoms with Gasteiger partial charge >= 0.3 is 0 Å². The van der Waals surface area contributed by atoms with Gasteiger partial charge in [-0.25, -0.2) is 4.41 Å². The maximum absolute atomic E-state index is 4.65. The van der Waals surface area contributed by atoms with Gasteiger partial charge in [-0.05, 0) is 66.5 Å². The van der Waals surface area contributed by atoms with Gasteiger partial charge in [-0.1, -0.05) is 95.2 Å². The zero-order chi connectivity index (χ0) is 21.0. The van der Waals surface area contributed by atoms with E-state index in [1.165, 1.54) is 87.3 Å². The van der Waals surface area contributed by atoms with Crippen LogP contribution in [0.25, 0.3) is 0 Å². The Morgan fingerprint density at radius 3 is 1.90 bits per heavy atom. The third-order valence-corrected chi connectivity index (χ3v) is 7.00. The molecule has 0 aromatic heterocycles. The number of hydrogen-bond donors (Lipinski definition) is 0. The Morgan fingerprint density at radius 1 is 0.700 bits per heavy atom. The van der Waals surface area contributed by atoms with Crippen LogP contribution in [0.4, 0.5) is 5.69 Å². The van der Waals surface area contributed by atoms with Crippen LogP contribution in [0, 0.1) is 0 Å². The van der Waals surface area contributed by atoms with Gasteiger partial charge in [0.05, 0.1) is 10.9 Å². The lowest BCUT2D eigenvalue weighted by atomic mass is 10.0. The average Bonchev–Trinajstić information content (AvgIpc) is 3.27. The fourth-order valence-corrected chi connectivity index (χ4v) is 4.87. The van der Waals surface area contributed by atoms with E-state index in [2.05, 4.69) is 78.1 Å². The highest BCUT2D eigenvalue weighted by Crippen LogP contribution is 2.38. The highest BCUT2D eigenvalue weighted by molar-refractivity contribution is 8.01. The second-order valence-electron chi connectivity index (χ2n) is 8.45. The number of anilines is 1. The van der Waals surface area contributed by atoms with E-state index < -0.39 is 0 Å². The highest BCUT2D eigenvalue weighted by atomic mass is 32.2. The van der Waals surface area contributed by atoms with Crippen molar-refractivity contribution in [1.82, 2.24) is 0 Å². The molecule has 0 radical (unpaired) electrons. The van der Waals surface area contributed by atoms with Crippen LogP contribution in [0.15, 0.2) is 53.6 Å². The summed E-state index contributed by atoms with van der Waals surface area (Å²) in [6.45, 7) is 4.53. The van der Waals surface area contributed by atoms with Crippen molar-refractivity contribution in [3.05, 3.63) is 65.2 Å². The summed E-state index contributed by atoms with van der Waals surface area (Å²) in [6.07, 6.45) is 16.5. The number of aryl methyl sites for hydroxylation is 2. The van der Waals surface area contributed by atoms with Crippen LogP contribution in [0.2, 0.25) is 0 Å². The number of rotatable bonds is 13. The third kappa shape index (κ3) is 7.19. The van der Waals surface area contributed by atoms with Crippen LogP contribution in [-0.2, 0) is 12.8 Å². The molecule has 3 heteroatoms. The van der Waals surface area contributed by atoms with E-state index in [1.807, 2.05) is 0 Å². The van der Waals surface area contributed by atoms with Crippen molar-refractivity contribution >= 4 is 23.8 Å². The first kappa shape index (κ1) is 22.9. The van der Waals surface area contributed by atoms with E-state index in [9.17, 15) is 0 Å². The Labute approximate surface area is 188 Å². The Morgan fingerprint density at radius 2 is 1.23 bits per heavy atom. The molecule has 2 aromatic rings. The van der Waals surface area contributed by atoms with Crippen LogP contribution < -0.4 is 4.41 Å². The molecule has 0 bridgehead atoms. The molecule has 0 aliphatic carbocycles. The maximum Gasteiger partial charge on any atom is 0.0887 e. The lowest BCUT2D eigenvalue weighted by Gasteiger charge is -2.15. The van der Waals surface area contributed by atoms with Crippen LogP contribution in [-0.4, -0.2) is 6.21 Å². The Hall–Kier alpha value is -1.74. The van der Waals surface area contributed by atoms with Crippen LogP contribution in [0.5, 0.6) is 0 Å². The fourth-order valence-electron chi connectivity index (χ4n) is 3.91. The molecular formula is C27H38N2S. The Kier molecular flexibility index (Phi) is 9.82. The molecule has 2 aromatic carbocycles. The summed E-state index contributed by atoms with van der Waals surface area (Å²) in [7, 11) is 0. The first-order valence-electron chi connectivity index (χ1n) is 12.0. The average molecular weight is 423 g/mol. The lowest BCUT2D eigenvalue weighted by Crippen LogP contribution is -2.02. The number of nitrogens with zero attached hydrogens (tertiary/aromatic N) is 2. The summed E-state index contributed by atoms with van der Waals surface area (Å²) in [6, 6.07) is 18.1.